The van der Waals surface area contributed by atoms with E-state index in [4.69, 9.17) is 10.5 Å². The molecule has 5 nitrogen and oxygen atoms in total. The Morgan fingerprint density at radius 2 is 2.00 bits per heavy atom. The normalized spacial score (nSPS) is 10.2. The molecule has 0 amide bonds. The van der Waals surface area contributed by atoms with Gasteiger partial charge in [-0.1, -0.05) is 34.1 Å². The number of rotatable bonds is 4. The van der Waals surface area contributed by atoms with Gasteiger partial charge < -0.3 is 10.5 Å². The van der Waals surface area contributed by atoms with Crippen LogP contribution in [0.25, 0.3) is 0 Å². The Hall–Kier alpha value is -2.08. The van der Waals surface area contributed by atoms with Crippen molar-refractivity contribution in [2.75, 3.05) is 5.73 Å². The van der Waals surface area contributed by atoms with E-state index in [1.807, 2.05) is 18.2 Å². The molecule has 0 unspecified atom stereocenters. The lowest BCUT2D eigenvalue weighted by Gasteiger charge is -2.08. The maximum Gasteiger partial charge on any atom is 0.292 e. The Labute approximate surface area is 118 Å². The van der Waals surface area contributed by atoms with Gasteiger partial charge in [-0.3, -0.25) is 10.1 Å². The predicted octanol–water partition coefficient (Wildman–Crippen LogP) is 3.52. The Balaban J connectivity index is 2.16. The fraction of sp³-hybridized carbons (Fsp3) is 0.0769. The van der Waals surface area contributed by atoms with Crippen LogP contribution in [0.5, 0.6) is 5.75 Å². The van der Waals surface area contributed by atoms with Crippen LogP contribution in [0.15, 0.2) is 46.9 Å². The summed E-state index contributed by atoms with van der Waals surface area (Å²) < 4.78 is 6.46. The maximum absolute atomic E-state index is 10.8. The van der Waals surface area contributed by atoms with Gasteiger partial charge in [0.1, 0.15) is 18.0 Å². The van der Waals surface area contributed by atoms with Gasteiger partial charge in [-0.2, -0.15) is 0 Å². The van der Waals surface area contributed by atoms with Crippen LogP contribution in [-0.2, 0) is 6.61 Å². The van der Waals surface area contributed by atoms with Crippen LogP contribution in [0.1, 0.15) is 5.56 Å². The number of para-hydroxylation sites is 1. The molecular weight excluding hydrogens is 312 g/mol. The van der Waals surface area contributed by atoms with Gasteiger partial charge in [0, 0.05) is 16.1 Å². The van der Waals surface area contributed by atoms with Crippen molar-refractivity contribution >= 4 is 27.3 Å². The van der Waals surface area contributed by atoms with E-state index in [9.17, 15) is 10.1 Å². The molecule has 0 fully saturated rings. The Morgan fingerprint density at radius 1 is 1.26 bits per heavy atom. The lowest BCUT2D eigenvalue weighted by atomic mass is 10.1. The molecule has 0 aliphatic heterocycles. The lowest BCUT2D eigenvalue weighted by Crippen LogP contribution is -2.03. The Morgan fingerprint density at radius 3 is 2.68 bits per heavy atom. The fourth-order valence-corrected chi connectivity index (χ4v) is 1.98. The molecule has 0 aliphatic carbocycles. The highest BCUT2D eigenvalue weighted by Gasteiger charge is 2.14. The summed E-state index contributed by atoms with van der Waals surface area (Å²) in [5, 5.41) is 10.8. The molecule has 0 bridgehead atoms. The first-order chi connectivity index (χ1) is 9.08. The van der Waals surface area contributed by atoms with E-state index >= 15 is 0 Å². The van der Waals surface area contributed by atoms with Crippen molar-refractivity contribution in [1.29, 1.82) is 0 Å². The van der Waals surface area contributed by atoms with Crippen LogP contribution in [0.4, 0.5) is 11.4 Å². The number of benzene rings is 2. The molecular formula is C13H11BrN2O3. The summed E-state index contributed by atoms with van der Waals surface area (Å²) in [7, 11) is 0. The van der Waals surface area contributed by atoms with Gasteiger partial charge >= 0.3 is 0 Å². The molecule has 0 aliphatic rings. The minimum atomic E-state index is -0.502. The molecule has 19 heavy (non-hydrogen) atoms. The van der Waals surface area contributed by atoms with Crippen LogP contribution in [-0.4, -0.2) is 4.92 Å². The molecule has 0 radical (unpaired) electrons. The Kier molecular flexibility index (Phi) is 4.01. The SMILES string of the molecule is Nc1c(COc2cccc(Br)c2)cccc1[N+](=O)[O-]. The third-order valence-electron chi connectivity index (χ3n) is 2.56. The van der Waals surface area contributed by atoms with Crippen molar-refractivity contribution in [1.82, 2.24) is 0 Å². The van der Waals surface area contributed by atoms with Gasteiger partial charge in [-0.15, -0.1) is 0 Å². The summed E-state index contributed by atoms with van der Waals surface area (Å²) in [5.41, 5.74) is 6.38. The number of nitro groups is 1. The van der Waals surface area contributed by atoms with Crippen LogP contribution < -0.4 is 10.5 Å². The molecule has 2 rings (SSSR count). The highest BCUT2D eigenvalue weighted by Crippen LogP contribution is 2.26. The third kappa shape index (κ3) is 3.23. The van der Waals surface area contributed by atoms with Crippen LogP contribution in [0.3, 0.4) is 0 Å². The second-order valence-electron chi connectivity index (χ2n) is 3.85. The average molecular weight is 323 g/mol. The molecule has 0 saturated carbocycles. The summed E-state index contributed by atoms with van der Waals surface area (Å²) in [4.78, 5) is 10.3. The number of halogens is 1. The fourth-order valence-electron chi connectivity index (χ4n) is 1.60. The summed E-state index contributed by atoms with van der Waals surface area (Å²) in [5.74, 6) is 0.667. The van der Waals surface area contributed by atoms with E-state index in [0.717, 1.165) is 4.47 Å². The molecule has 0 heterocycles. The summed E-state index contributed by atoms with van der Waals surface area (Å²) >= 11 is 3.34. The van der Waals surface area contributed by atoms with E-state index < -0.39 is 4.92 Å². The molecule has 2 N–H and O–H groups in total. The number of nitrogens with two attached hydrogens (primary N) is 1. The largest absolute Gasteiger partial charge is 0.489 e. The van der Waals surface area contributed by atoms with Gasteiger partial charge in [0.25, 0.3) is 5.69 Å². The quantitative estimate of drug-likeness (QED) is 0.530. The van der Waals surface area contributed by atoms with E-state index in [0.29, 0.717) is 11.3 Å². The van der Waals surface area contributed by atoms with Gasteiger partial charge in [0.2, 0.25) is 0 Å². The number of hydrogen-bond donors (Lipinski definition) is 1. The smallest absolute Gasteiger partial charge is 0.292 e. The van der Waals surface area contributed by atoms with Crippen molar-refractivity contribution in [2.24, 2.45) is 0 Å². The van der Waals surface area contributed by atoms with E-state index in [2.05, 4.69) is 15.9 Å². The molecule has 6 heteroatoms. The minimum absolute atomic E-state index is 0.102. The van der Waals surface area contributed by atoms with E-state index in [-0.39, 0.29) is 18.0 Å². The number of anilines is 1. The van der Waals surface area contributed by atoms with Crippen LogP contribution in [0, 0.1) is 10.1 Å². The highest BCUT2D eigenvalue weighted by molar-refractivity contribution is 9.10. The third-order valence-corrected chi connectivity index (χ3v) is 3.05. The van der Waals surface area contributed by atoms with Crippen LogP contribution >= 0.6 is 15.9 Å². The molecule has 2 aromatic carbocycles. The van der Waals surface area contributed by atoms with Crippen molar-refractivity contribution in [2.45, 2.75) is 6.61 Å². The van der Waals surface area contributed by atoms with Gasteiger partial charge in [0.05, 0.1) is 4.92 Å². The van der Waals surface area contributed by atoms with E-state index in [1.165, 1.54) is 6.07 Å². The first-order valence-corrected chi connectivity index (χ1v) is 6.27. The molecule has 2 aromatic rings. The Bertz CT molecular complexity index is 617. The molecule has 0 spiro atoms. The lowest BCUT2D eigenvalue weighted by molar-refractivity contribution is -0.384. The number of hydrogen-bond acceptors (Lipinski definition) is 4. The zero-order chi connectivity index (χ0) is 13.8. The average Bonchev–Trinajstić information content (AvgIpc) is 2.37. The second kappa shape index (κ2) is 5.71. The van der Waals surface area contributed by atoms with Gasteiger partial charge in [-0.05, 0) is 18.2 Å². The zero-order valence-corrected chi connectivity index (χ0v) is 11.5. The van der Waals surface area contributed by atoms with Gasteiger partial charge in [0.15, 0.2) is 0 Å². The second-order valence-corrected chi connectivity index (χ2v) is 4.77. The monoisotopic (exact) mass is 322 g/mol. The van der Waals surface area contributed by atoms with Crippen molar-refractivity contribution in [3.63, 3.8) is 0 Å². The topological polar surface area (TPSA) is 78.4 Å². The van der Waals surface area contributed by atoms with Crippen molar-refractivity contribution in [3.05, 3.63) is 62.6 Å². The molecule has 0 atom stereocenters. The predicted molar refractivity (Wildman–Crippen MR) is 76.0 cm³/mol. The maximum atomic E-state index is 10.8. The number of nitrogen functional groups attached to an aromatic ring is 1. The number of nitro benzene ring substituents is 1. The summed E-state index contributed by atoms with van der Waals surface area (Å²) in [6.45, 7) is 0.184. The zero-order valence-electron chi connectivity index (χ0n) is 9.88. The van der Waals surface area contributed by atoms with Crippen molar-refractivity contribution in [3.8, 4) is 5.75 Å². The first kappa shape index (κ1) is 13.4. The molecule has 98 valence electrons. The number of ether oxygens (including phenoxy) is 1. The first-order valence-electron chi connectivity index (χ1n) is 5.48. The van der Waals surface area contributed by atoms with Crippen molar-refractivity contribution < 1.29 is 9.66 Å². The molecule has 0 saturated heterocycles. The highest BCUT2D eigenvalue weighted by atomic mass is 79.9. The standard InChI is InChI=1S/C13H11BrN2O3/c14-10-4-2-5-11(7-10)19-8-9-3-1-6-12(13(9)15)16(17)18/h1-7H,8,15H2. The summed E-state index contributed by atoms with van der Waals surface area (Å²) in [6, 6.07) is 12.0. The van der Waals surface area contributed by atoms with Crippen LogP contribution in [0.2, 0.25) is 0 Å². The summed E-state index contributed by atoms with van der Waals surface area (Å²) in [6.07, 6.45) is 0. The number of nitrogens with zero attached hydrogens (tertiary/aromatic N) is 1. The molecule has 0 aromatic heterocycles. The minimum Gasteiger partial charge on any atom is -0.489 e. The van der Waals surface area contributed by atoms with Gasteiger partial charge in [-0.25, -0.2) is 0 Å². The van der Waals surface area contributed by atoms with E-state index in [1.54, 1.807) is 18.2 Å².